The second-order valence-corrected chi connectivity index (χ2v) is 5.89. The molecule has 0 bridgehead atoms. The lowest BCUT2D eigenvalue weighted by molar-refractivity contribution is -0.122. The minimum atomic E-state index is -0.0493. The minimum absolute atomic E-state index is 0. The Morgan fingerprint density at radius 2 is 2.05 bits per heavy atom. The minimum Gasteiger partial charge on any atom is -0.347 e. The fourth-order valence-corrected chi connectivity index (χ4v) is 2.99. The molecule has 20 heavy (non-hydrogen) atoms. The van der Waals surface area contributed by atoms with Crippen LogP contribution in [0.4, 0.5) is 0 Å². The van der Waals surface area contributed by atoms with Gasteiger partial charge in [-0.1, -0.05) is 30.3 Å². The molecular formula is C16H23ClN2O. The number of hydrogen-bond donors (Lipinski definition) is 2. The summed E-state index contributed by atoms with van der Waals surface area (Å²) in [5, 5.41) is 6.60. The van der Waals surface area contributed by atoms with Crippen LogP contribution in [0.5, 0.6) is 0 Å². The lowest BCUT2D eigenvalue weighted by Gasteiger charge is -2.18. The quantitative estimate of drug-likeness (QED) is 0.876. The highest BCUT2D eigenvalue weighted by atomic mass is 35.5. The molecule has 1 aliphatic carbocycles. The average Bonchev–Trinajstić information content (AvgIpc) is 3.03. The van der Waals surface area contributed by atoms with E-state index in [1.54, 1.807) is 0 Å². The van der Waals surface area contributed by atoms with E-state index in [9.17, 15) is 4.79 Å². The smallest absolute Gasteiger partial charge is 0.220 e. The van der Waals surface area contributed by atoms with Gasteiger partial charge in [0.25, 0.3) is 0 Å². The highest BCUT2D eigenvalue weighted by molar-refractivity contribution is 5.85. The predicted octanol–water partition coefficient (Wildman–Crippen LogP) is 2.60. The maximum absolute atomic E-state index is 12.1. The van der Waals surface area contributed by atoms with E-state index in [0.29, 0.717) is 12.3 Å². The summed E-state index contributed by atoms with van der Waals surface area (Å²) in [5.41, 5.74) is 1.21. The van der Waals surface area contributed by atoms with E-state index in [2.05, 4.69) is 22.8 Å². The van der Waals surface area contributed by atoms with E-state index in [0.717, 1.165) is 32.4 Å². The highest BCUT2D eigenvalue weighted by Crippen LogP contribution is 2.45. The third kappa shape index (κ3) is 3.53. The Morgan fingerprint density at radius 3 is 2.65 bits per heavy atom. The molecule has 2 aliphatic rings. The van der Waals surface area contributed by atoms with Gasteiger partial charge in [0.05, 0.1) is 5.54 Å². The topological polar surface area (TPSA) is 41.1 Å². The molecule has 1 saturated heterocycles. The van der Waals surface area contributed by atoms with Crippen molar-refractivity contribution in [1.29, 1.82) is 0 Å². The molecule has 0 aromatic heterocycles. The second-order valence-electron chi connectivity index (χ2n) is 5.89. The Balaban J connectivity index is 0.00000147. The van der Waals surface area contributed by atoms with Crippen molar-refractivity contribution < 1.29 is 4.79 Å². The summed E-state index contributed by atoms with van der Waals surface area (Å²) in [6.07, 6.45) is 5.06. The van der Waals surface area contributed by atoms with Crippen LogP contribution < -0.4 is 10.6 Å². The summed E-state index contributed by atoms with van der Waals surface area (Å²) in [7, 11) is 0. The van der Waals surface area contributed by atoms with Crippen molar-refractivity contribution >= 4 is 18.3 Å². The Labute approximate surface area is 126 Å². The Bertz CT molecular complexity index is 439. The fraction of sp³-hybridized carbons (Fsp3) is 0.562. The standard InChI is InChI=1S/C16H22N2O.ClH/c19-15(7-6-13-8-11-17-12-13)18-16(9-10-16)14-4-2-1-3-5-14;/h1-5,13,17H,6-12H2,(H,18,19);1H. The van der Waals surface area contributed by atoms with Crippen molar-refractivity contribution in [3.63, 3.8) is 0 Å². The first kappa shape index (κ1) is 15.3. The first-order chi connectivity index (χ1) is 9.28. The van der Waals surface area contributed by atoms with Crippen LogP contribution in [0.1, 0.15) is 37.7 Å². The molecule has 1 unspecified atom stereocenters. The zero-order valence-electron chi connectivity index (χ0n) is 11.7. The van der Waals surface area contributed by atoms with Crippen molar-refractivity contribution in [2.45, 2.75) is 37.6 Å². The van der Waals surface area contributed by atoms with Crippen molar-refractivity contribution in [3.8, 4) is 0 Å². The van der Waals surface area contributed by atoms with Crippen LogP contribution >= 0.6 is 12.4 Å². The number of hydrogen-bond acceptors (Lipinski definition) is 2. The lowest BCUT2D eigenvalue weighted by Crippen LogP contribution is -2.34. The zero-order chi connectivity index (χ0) is 13.1. The van der Waals surface area contributed by atoms with Crippen molar-refractivity contribution in [2.24, 2.45) is 5.92 Å². The molecular weight excluding hydrogens is 272 g/mol. The van der Waals surface area contributed by atoms with Crippen molar-refractivity contribution in [1.82, 2.24) is 10.6 Å². The summed E-state index contributed by atoms with van der Waals surface area (Å²) in [5.74, 6) is 0.908. The molecule has 1 saturated carbocycles. The van der Waals surface area contributed by atoms with Gasteiger partial charge in [-0.3, -0.25) is 4.79 Å². The van der Waals surface area contributed by atoms with Gasteiger partial charge in [0.1, 0.15) is 0 Å². The summed E-state index contributed by atoms with van der Waals surface area (Å²) in [6.45, 7) is 2.19. The molecule has 1 aromatic rings. The largest absolute Gasteiger partial charge is 0.347 e. The van der Waals surface area contributed by atoms with E-state index >= 15 is 0 Å². The van der Waals surface area contributed by atoms with Crippen LogP contribution in [0, 0.1) is 5.92 Å². The van der Waals surface area contributed by atoms with Gasteiger partial charge in [-0.25, -0.2) is 0 Å². The monoisotopic (exact) mass is 294 g/mol. The van der Waals surface area contributed by atoms with Crippen LogP contribution in [0.3, 0.4) is 0 Å². The number of amides is 1. The SMILES string of the molecule is Cl.O=C(CCC1CCNC1)NC1(c2ccccc2)CC1. The highest BCUT2D eigenvalue weighted by Gasteiger charge is 2.45. The molecule has 2 fully saturated rings. The summed E-state index contributed by atoms with van der Waals surface area (Å²) in [6, 6.07) is 10.4. The third-order valence-electron chi connectivity index (χ3n) is 4.40. The van der Waals surface area contributed by atoms with Crippen LogP contribution in [0.25, 0.3) is 0 Å². The molecule has 110 valence electrons. The summed E-state index contributed by atoms with van der Waals surface area (Å²) >= 11 is 0. The maximum Gasteiger partial charge on any atom is 0.220 e. The second kappa shape index (κ2) is 6.59. The zero-order valence-corrected chi connectivity index (χ0v) is 12.5. The van der Waals surface area contributed by atoms with Crippen LogP contribution in [-0.2, 0) is 10.3 Å². The first-order valence-electron chi connectivity index (χ1n) is 7.36. The van der Waals surface area contributed by atoms with Gasteiger partial charge in [0.15, 0.2) is 0 Å². The Morgan fingerprint density at radius 1 is 1.30 bits per heavy atom. The van der Waals surface area contributed by atoms with Crippen LogP contribution in [-0.4, -0.2) is 19.0 Å². The normalized spacial score (nSPS) is 22.9. The molecule has 4 heteroatoms. The Kier molecular flexibility index (Phi) is 5.06. The van der Waals surface area contributed by atoms with Gasteiger partial charge >= 0.3 is 0 Å². The van der Waals surface area contributed by atoms with Crippen molar-refractivity contribution in [3.05, 3.63) is 35.9 Å². The molecule has 1 atom stereocenters. The maximum atomic E-state index is 12.1. The third-order valence-corrected chi connectivity index (χ3v) is 4.40. The predicted molar refractivity (Wildman–Crippen MR) is 83.0 cm³/mol. The number of benzene rings is 1. The van der Waals surface area contributed by atoms with E-state index < -0.39 is 0 Å². The van der Waals surface area contributed by atoms with Gasteiger partial charge in [0, 0.05) is 6.42 Å². The summed E-state index contributed by atoms with van der Waals surface area (Å²) < 4.78 is 0. The van der Waals surface area contributed by atoms with Crippen molar-refractivity contribution in [2.75, 3.05) is 13.1 Å². The van der Waals surface area contributed by atoms with Gasteiger partial charge in [-0.2, -0.15) is 0 Å². The summed E-state index contributed by atoms with van der Waals surface area (Å²) in [4.78, 5) is 12.1. The van der Waals surface area contributed by atoms with E-state index in [1.807, 2.05) is 18.2 Å². The fourth-order valence-electron chi connectivity index (χ4n) is 2.99. The number of nitrogens with one attached hydrogen (secondary N) is 2. The van der Waals surface area contributed by atoms with Crippen LogP contribution in [0.15, 0.2) is 30.3 Å². The Hall–Kier alpha value is -1.06. The molecule has 1 amide bonds. The molecule has 3 rings (SSSR count). The molecule has 1 aromatic carbocycles. The van der Waals surface area contributed by atoms with Gasteiger partial charge in [0.2, 0.25) is 5.91 Å². The molecule has 1 aliphatic heterocycles. The average molecular weight is 295 g/mol. The number of halogens is 1. The molecule has 0 spiro atoms. The van der Waals surface area contributed by atoms with E-state index in [-0.39, 0.29) is 23.9 Å². The number of carbonyl (C=O) groups excluding carboxylic acids is 1. The number of carbonyl (C=O) groups is 1. The van der Waals surface area contributed by atoms with E-state index in [1.165, 1.54) is 12.0 Å². The first-order valence-corrected chi connectivity index (χ1v) is 7.36. The lowest BCUT2D eigenvalue weighted by atomic mass is 10.0. The van der Waals surface area contributed by atoms with Gasteiger partial charge in [-0.05, 0) is 50.3 Å². The van der Waals surface area contributed by atoms with Crippen LogP contribution in [0.2, 0.25) is 0 Å². The molecule has 2 N–H and O–H groups in total. The molecule has 1 heterocycles. The van der Waals surface area contributed by atoms with Gasteiger partial charge < -0.3 is 10.6 Å². The van der Waals surface area contributed by atoms with Gasteiger partial charge in [-0.15, -0.1) is 12.4 Å². The number of rotatable bonds is 5. The van der Waals surface area contributed by atoms with E-state index in [4.69, 9.17) is 0 Å². The molecule has 3 nitrogen and oxygen atoms in total. The molecule has 0 radical (unpaired) electrons.